The Kier molecular flexibility index (Phi) is 4.41. The maximum Gasteiger partial charge on any atom is 0.207 e. The van der Waals surface area contributed by atoms with Crippen LogP contribution in [-0.4, -0.2) is 0 Å². The normalized spacial score (nSPS) is 12.8. The third kappa shape index (κ3) is 3.35. The molecular formula is C14H15IN3+. The molecule has 1 heterocycles. The predicted molar refractivity (Wildman–Crippen MR) is 79.7 cm³/mol. The van der Waals surface area contributed by atoms with Crippen molar-refractivity contribution in [3.63, 3.8) is 0 Å². The largest absolute Gasteiger partial charge is 0.207 e. The van der Waals surface area contributed by atoms with E-state index >= 15 is 0 Å². The summed E-state index contributed by atoms with van der Waals surface area (Å²) >= 11 is 2.28. The summed E-state index contributed by atoms with van der Waals surface area (Å²) in [5.41, 5.74) is 2.03. The lowest BCUT2D eigenvalue weighted by atomic mass is 10.2. The van der Waals surface area contributed by atoms with Crippen LogP contribution >= 0.6 is 22.6 Å². The number of benzene rings is 1. The van der Waals surface area contributed by atoms with Crippen molar-refractivity contribution < 1.29 is 4.57 Å². The van der Waals surface area contributed by atoms with E-state index < -0.39 is 0 Å². The molecule has 1 unspecified atom stereocenters. The summed E-state index contributed by atoms with van der Waals surface area (Å²) in [6, 6.07) is 14.2. The van der Waals surface area contributed by atoms with Crippen LogP contribution in [0, 0.1) is 3.57 Å². The smallest absolute Gasteiger partial charge is 0.203 e. The fourth-order valence-electron chi connectivity index (χ4n) is 1.69. The van der Waals surface area contributed by atoms with Gasteiger partial charge in [0.2, 0.25) is 5.69 Å². The van der Waals surface area contributed by atoms with Crippen molar-refractivity contribution in [3.8, 4) is 0 Å². The number of halogens is 1. The molecule has 0 fully saturated rings. The second-order valence-corrected chi connectivity index (χ2v) is 5.35. The van der Waals surface area contributed by atoms with Crippen LogP contribution in [0.5, 0.6) is 0 Å². The highest BCUT2D eigenvalue weighted by molar-refractivity contribution is 14.1. The van der Waals surface area contributed by atoms with E-state index in [1.54, 1.807) is 0 Å². The fourth-order valence-corrected chi connectivity index (χ4v) is 2.05. The molecule has 4 heteroatoms. The average Bonchev–Trinajstić information content (AvgIpc) is 2.38. The third-order valence-corrected chi connectivity index (χ3v) is 3.42. The number of rotatable bonds is 3. The minimum Gasteiger partial charge on any atom is -0.203 e. The lowest BCUT2D eigenvalue weighted by molar-refractivity contribution is -0.680. The molecule has 0 aliphatic rings. The molecule has 0 N–H and O–H groups in total. The number of hydrogen-bond acceptors (Lipinski definition) is 2. The molecule has 3 nitrogen and oxygen atoms in total. The van der Waals surface area contributed by atoms with Crippen LogP contribution in [0.2, 0.25) is 0 Å². The molecule has 0 saturated carbocycles. The minimum atomic E-state index is 0.0514. The second kappa shape index (κ2) is 6.04. The molecule has 1 aromatic heterocycles. The van der Waals surface area contributed by atoms with Crippen molar-refractivity contribution in [2.24, 2.45) is 17.3 Å². The van der Waals surface area contributed by atoms with E-state index in [2.05, 4.69) is 43.5 Å². The van der Waals surface area contributed by atoms with Crippen molar-refractivity contribution in [1.82, 2.24) is 0 Å². The molecule has 2 aromatic rings. The summed E-state index contributed by atoms with van der Waals surface area (Å²) in [4.78, 5) is 0. The molecule has 2 rings (SSSR count). The van der Waals surface area contributed by atoms with Gasteiger partial charge in [-0.2, -0.15) is 10.2 Å². The van der Waals surface area contributed by atoms with Gasteiger partial charge in [0.05, 0.1) is 5.69 Å². The van der Waals surface area contributed by atoms with Crippen LogP contribution in [0.25, 0.3) is 0 Å². The van der Waals surface area contributed by atoms with Crippen molar-refractivity contribution in [1.29, 1.82) is 0 Å². The molecule has 1 atom stereocenters. The molecule has 0 spiro atoms. The Morgan fingerprint density at radius 3 is 2.50 bits per heavy atom. The minimum absolute atomic E-state index is 0.0514. The van der Waals surface area contributed by atoms with E-state index in [0.29, 0.717) is 0 Å². The highest BCUT2D eigenvalue weighted by Crippen LogP contribution is 2.19. The number of hydrogen-bond donors (Lipinski definition) is 0. The predicted octanol–water partition coefficient (Wildman–Crippen LogP) is 3.96. The van der Waals surface area contributed by atoms with E-state index in [9.17, 15) is 0 Å². The SMILES string of the molecule is CC(N=Nc1ccc(I)cc1)c1cccc[n+]1C. The van der Waals surface area contributed by atoms with Gasteiger partial charge in [0.1, 0.15) is 7.05 Å². The Balaban J connectivity index is 2.14. The van der Waals surface area contributed by atoms with Gasteiger partial charge in [-0.15, -0.1) is 0 Å². The monoisotopic (exact) mass is 352 g/mol. The summed E-state index contributed by atoms with van der Waals surface area (Å²) in [5.74, 6) is 0. The molecule has 92 valence electrons. The van der Waals surface area contributed by atoms with Crippen LogP contribution < -0.4 is 4.57 Å². The zero-order valence-electron chi connectivity index (χ0n) is 10.4. The van der Waals surface area contributed by atoms with Gasteiger partial charge in [-0.05, 0) is 53.8 Å². The van der Waals surface area contributed by atoms with Gasteiger partial charge in [-0.3, -0.25) is 0 Å². The van der Waals surface area contributed by atoms with E-state index in [0.717, 1.165) is 11.4 Å². The summed E-state index contributed by atoms with van der Waals surface area (Å²) in [6.07, 6.45) is 2.02. The molecule has 0 aliphatic carbocycles. The number of aryl methyl sites for hydroxylation is 1. The first-order chi connectivity index (χ1) is 8.66. The number of pyridine rings is 1. The van der Waals surface area contributed by atoms with Crippen LogP contribution in [-0.2, 0) is 7.05 Å². The van der Waals surface area contributed by atoms with E-state index in [-0.39, 0.29) is 6.04 Å². The second-order valence-electron chi connectivity index (χ2n) is 4.10. The summed E-state index contributed by atoms with van der Waals surface area (Å²) in [6.45, 7) is 2.05. The molecule has 0 bridgehead atoms. The van der Waals surface area contributed by atoms with E-state index in [1.165, 1.54) is 3.57 Å². The van der Waals surface area contributed by atoms with Crippen LogP contribution in [0.15, 0.2) is 58.9 Å². The first-order valence-corrected chi connectivity index (χ1v) is 6.85. The maximum atomic E-state index is 4.36. The van der Waals surface area contributed by atoms with Gasteiger partial charge in [-0.1, -0.05) is 6.07 Å². The Morgan fingerprint density at radius 2 is 1.83 bits per heavy atom. The third-order valence-electron chi connectivity index (χ3n) is 2.70. The van der Waals surface area contributed by atoms with E-state index in [1.807, 2.05) is 56.6 Å². The lowest BCUT2D eigenvalue weighted by Gasteiger charge is -2.02. The summed E-state index contributed by atoms with van der Waals surface area (Å²) in [7, 11) is 2.02. The molecule has 18 heavy (non-hydrogen) atoms. The highest BCUT2D eigenvalue weighted by atomic mass is 127. The molecular weight excluding hydrogens is 337 g/mol. The lowest BCUT2D eigenvalue weighted by Crippen LogP contribution is -2.33. The zero-order chi connectivity index (χ0) is 13.0. The first kappa shape index (κ1) is 13.1. The molecule has 0 aliphatic heterocycles. The van der Waals surface area contributed by atoms with Gasteiger partial charge in [0.25, 0.3) is 0 Å². The van der Waals surface area contributed by atoms with Gasteiger partial charge >= 0.3 is 0 Å². The number of nitrogens with zero attached hydrogens (tertiary/aromatic N) is 3. The Hall–Kier alpha value is -1.30. The van der Waals surface area contributed by atoms with Crippen molar-refractivity contribution in [3.05, 3.63) is 57.9 Å². The van der Waals surface area contributed by atoms with Crippen LogP contribution in [0.1, 0.15) is 18.7 Å². The Bertz CT molecular complexity index is 549. The Labute approximate surface area is 121 Å². The molecule has 0 saturated heterocycles. The summed E-state index contributed by atoms with van der Waals surface area (Å²) in [5, 5.41) is 8.63. The summed E-state index contributed by atoms with van der Waals surface area (Å²) < 4.78 is 3.27. The molecule has 0 radical (unpaired) electrons. The highest BCUT2D eigenvalue weighted by Gasteiger charge is 2.13. The topological polar surface area (TPSA) is 28.6 Å². The van der Waals surface area contributed by atoms with Gasteiger partial charge in [0, 0.05) is 15.7 Å². The number of azo groups is 1. The number of aromatic nitrogens is 1. The van der Waals surface area contributed by atoms with E-state index in [4.69, 9.17) is 0 Å². The maximum absolute atomic E-state index is 4.36. The van der Waals surface area contributed by atoms with Gasteiger partial charge in [-0.25, -0.2) is 4.57 Å². The molecule has 1 aromatic carbocycles. The Morgan fingerprint density at radius 1 is 1.11 bits per heavy atom. The van der Waals surface area contributed by atoms with Gasteiger partial charge < -0.3 is 0 Å². The molecule has 0 amide bonds. The van der Waals surface area contributed by atoms with Crippen LogP contribution in [0.4, 0.5) is 5.69 Å². The van der Waals surface area contributed by atoms with Crippen molar-refractivity contribution in [2.75, 3.05) is 0 Å². The van der Waals surface area contributed by atoms with Crippen molar-refractivity contribution in [2.45, 2.75) is 13.0 Å². The first-order valence-electron chi connectivity index (χ1n) is 5.78. The van der Waals surface area contributed by atoms with Gasteiger partial charge in [0.15, 0.2) is 12.2 Å². The fraction of sp³-hybridized carbons (Fsp3) is 0.214. The average molecular weight is 352 g/mol. The van der Waals surface area contributed by atoms with Crippen LogP contribution in [0.3, 0.4) is 0 Å². The zero-order valence-corrected chi connectivity index (χ0v) is 12.6. The quantitative estimate of drug-likeness (QED) is 0.455. The standard InChI is InChI=1S/C14H15IN3/c1-11(14-5-3-4-10-18(14)2)16-17-13-8-6-12(15)7-9-13/h3-11H,1-2H3/q+1. The van der Waals surface area contributed by atoms with Crippen molar-refractivity contribution >= 4 is 28.3 Å².